The van der Waals surface area contributed by atoms with Crippen LogP contribution in [0.3, 0.4) is 0 Å². The quantitative estimate of drug-likeness (QED) is 0.856. The summed E-state index contributed by atoms with van der Waals surface area (Å²) in [4.78, 5) is 0. The maximum absolute atomic E-state index is 9.60. The lowest BCUT2D eigenvalue weighted by atomic mass is 9.80. The molecule has 1 N–H and O–H groups in total. The average molecular weight is 279 g/mol. The van der Waals surface area contributed by atoms with Crippen LogP contribution in [0.1, 0.15) is 22.3 Å². The van der Waals surface area contributed by atoms with Gasteiger partial charge in [0.05, 0.1) is 12.2 Å². The van der Waals surface area contributed by atoms with Gasteiger partial charge >= 0.3 is 7.12 Å². The van der Waals surface area contributed by atoms with Gasteiger partial charge in [0, 0.05) is 0 Å². The van der Waals surface area contributed by atoms with Crippen molar-refractivity contribution in [1.29, 1.82) is 5.26 Å². The molecule has 104 valence electrons. The highest BCUT2D eigenvalue weighted by atomic mass is 16.5. The first-order valence-electron chi connectivity index (χ1n) is 6.70. The second-order valence-electron chi connectivity index (χ2n) is 5.17. The zero-order valence-corrected chi connectivity index (χ0v) is 11.9. The van der Waals surface area contributed by atoms with Gasteiger partial charge in [0.1, 0.15) is 17.6 Å². The molecule has 0 spiro atoms. The molecule has 0 fully saturated rings. The molecule has 1 heterocycles. The van der Waals surface area contributed by atoms with Gasteiger partial charge in [-0.05, 0) is 60.3 Å². The molecule has 2 aromatic rings. The summed E-state index contributed by atoms with van der Waals surface area (Å²) >= 11 is 0. The third kappa shape index (κ3) is 2.51. The Morgan fingerprint density at radius 2 is 2.00 bits per heavy atom. The number of hydrogen-bond acceptors (Lipinski definition) is 4. The van der Waals surface area contributed by atoms with Crippen molar-refractivity contribution in [2.45, 2.75) is 20.5 Å². The number of nitriles is 1. The monoisotopic (exact) mass is 279 g/mol. The molecule has 1 aliphatic heterocycles. The summed E-state index contributed by atoms with van der Waals surface area (Å²) in [6, 6.07) is 11.2. The molecule has 0 atom stereocenters. The fourth-order valence-corrected chi connectivity index (χ4v) is 2.36. The van der Waals surface area contributed by atoms with E-state index in [0.717, 1.165) is 22.2 Å². The van der Waals surface area contributed by atoms with Crippen LogP contribution >= 0.6 is 0 Å². The summed E-state index contributed by atoms with van der Waals surface area (Å²) in [6.45, 7) is 4.32. The van der Waals surface area contributed by atoms with Gasteiger partial charge < -0.3 is 14.4 Å². The predicted molar refractivity (Wildman–Crippen MR) is 79.5 cm³/mol. The van der Waals surface area contributed by atoms with Gasteiger partial charge in [-0.15, -0.1) is 0 Å². The molecule has 0 aliphatic carbocycles. The van der Waals surface area contributed by atoms with Gasteiger partial charge in [-0.1, -0.05) is 6.07 Å². The molecule has 0 unspecified atom stereocenters. The van der Waals surface area contributed by atoms with Gasteiger partial charge in [-0.2, -0.15) is 5.26 Å². The topological polar surface area (TPSA) is 62.5 Å². The summed E-state index contributed by atoms with van der Waals surface area (Å²) in [7, 11) is -0.856. The van der Waals surface area contributed by atoms with Crippen LogP contribution in [-0.2, 0) is 11.3 Å². The van der Waals surface area contributed by atoms with E-state index in [9.17, 15) is 10.3 Å². The van der Waals surface area contributed by atoms with E-state index in [1.165, 1.54) is 0 Å². The lowest BCUT2D eigenvalue weighted by Crippen LogP contribution is -2.27. The van der Waals surface area contributed by atoms with Crippen molar-refractivity contribution in [3.63, 3.8) is 0 Å². The molecular weight excluding hydrogens is 265 g/mol. The van der Waals surface area contributed by atoms with Gasteiger partial charge in [0.15, 0.2) is 0 Å². The molecule has 21 heavy (non-hydrogen) atoms. The zero-order chi connectivity index (χ0) is 15.0. The van der Waals surface area contributed by atoms with Crippen molar-refractivity contribution in [3.05, 3.63) is 52.6 Å². The first kappa shape index (κ1) is 13.7. The van der Waals surface area contributed by atoms with Crippen molar-refractivity contribution < 1.29 is 14.4 Å². The molecule has 3 rings (SSSR count). The van der Waals surface area contributed by atoms with Crippen LogP contribution in [0.4, 0.5) is 0 Å². The Balaban J connectivity index is 1.95. The molecule has 1 aliphatic rings. The minimum Gasteiger partial charge on any atom is -0.456 e. The summed E-state index contributed by atoms with van der Waals surface area (Å²) in [5.74, 6) is 1.17. The largest absolute Gasteiger partial charge is 0.491 e. The van der Waals surface area contributed by atoms with Crippen LogP contribution in [0.2, 0.25) is 0 Å². The van der Waals surface area contributed by atoms with Crippen LogP contribution in [-0.4, -0.2) is 12.1 Å². The van der Waals surface area contributed by atoms with Crippen LogP contribution in [0.5, 0.6) is 11.5 Å². The first-order valence-corrected chi connectivity index (χ1v) is 6.70. The molecule has 0 radical (unpaired) electrons. The van der Waals surface area contributed by atoms with Crippen LogP contribution in [0.25, 0.3) is 0 Å². The Morgan fingerprint density at radius 3 is 2.76 bits per heavy atom. The molecular formula is C16H14BNO3. The van der Waals surface area contributed by atoms with E-state index >= 15 is 0 Å². The maximum atomic E-state index is 9.60. The standard InChI is InChI=1S/C16H14BNO3/c1-10-5-12(8-18)16(6-11(10)2)21-14-3-4-15-13(7-14)9-20-17(15)19/h3-7,19H,9H2,1-2H3. The second kappa shape index (κ2) is 5.25. The summed E-state index contributed by atoms with van der Waals surface area (Å²) in [5.41, 5.74) is 4.31. The van der Waals surface area contributed by atoms with Crippen molar-refractivity contribution >= 4 is 12.6 Å². The molecule has 0 aromatic heterocycles. The third-order valence-corrected chi connectivity index (χ3v) is 3.72. The van der Waals surface area contributed by atoms with E-state index < -0.39 is 7.12 Å². The van der Waals surface area contributed by atoms with E-state index in [1.54, 1.807) is 12.1 Å². The maximum Gasteiger partial charge on any atom is 0.491 e. The lowest BCUT2D eigenvalue weighted by Gasteiger charge is -2.11. The minimum atomic E-state index is -0.856. The summed E-state index contributed by atoms with van der Waals surface area (Å²) in [5, 5.41) is 18.8. The SMILES string of the molecule is Cc1cc(C#N)c(Oc2ccc3c(c2)COB3O)cc1C. The van der Waals surface area contributed by atoms with E-state index in [2.05, 4.69) is 6.07 Å². The van der Waals surface area contributed by atoms with Gasteiger partial charge in [-0.3, -0.25) is 0 Å². The van der Waals surface area contributed by atoms with Gasteiger partial charge in [0.25, 0.3) is 0 Å². The molecule has 4 nitrogen and oxygen atoms in total. The molecule has 0 bridgehead atoms. The van der Waals surface area contributed by atoms with Crippen molar-refractivity contribution in [1.82, 2.24) is 0 Å². The fraction of sp³-hybridized carbons (Fsp3) is 0.188. The normalized spacial score (nSPS) is 13.0. The highest BCUT2D eigenvalue weighted by Gasteiger charge is 2.27. The molecule has 2 aromatic carbocycles. The number of fused-ring (bicyclic) bond motifs is 1. The van der Waals surface area contributed by atoms with E-state index in [4.69, 9.17) is 9.39 Å². The number of nitrogens with zero attached hydrogens (tertiary/aromatic N) is 1. The zero-order valence-electron chi connectivity index (χ0n) is 11.9. The molecule has 0 saturated carbocycles. The van der Waals surface area contributed by atoms with Crippen LogP contribution in [0, 0.1) is 25.2 Å². The minimum absolute atomic E-state index is 0.367. The average Bonchev–Trinajstić information content (AvgIpc) is 2.84. The Bertz CT molecular complexity index is 752. The molecule has 0 saturated heterocycles. The van der Waals surface area contributed by atoms with Crippen LogP contribution < -0.4 is 10.2 Å². The number of aryl methyl sites for hydroxylation is 2. The van der Waals surface area contributed by atoms with Gasteiger partial charge in [-0.25, -0.2) is 0 Å². The highest BCUT2D eigenvalue weighted by molar-refractivity contribution is 6.61. The van der Waals surface area contributed by atoms with Crippen molar-refractivity contribution in [3.8, 4) is 17.6 Å². The Hall–Kier alpha value is -2.29. The first-order chi connectivity index (χ1) is 10.1. The predicted octanol–water partition coefficient (Wildman–Crippen LogP) is 2.19. The Kier molecular flexibility index (Phi) is 3.42. The van der Waals surface area contributed by atoms with Crippen molar-refractivity contribution in [2.75, 3.05) is 0 Å². The van der Waals surface area contributed by atoms with Crippen molar-refractivity contribution in [2.24, 2.45) is 0 Å². The molecule has 5 heteroatoms. The van der Waals surface area contributed by atoms with E-state index in [0.29, 0.717) is 23.7 Å². The van der Waals surface area contributed by atoms with Gasteiger partial charge in [0.2, 0.25) is 0 Å². The smallest absolute Gasteiger partial charge is 0.456 e. The van der Waals surface area contributed by atoms with E-state index in [1.807, 2.05) is 32.0 Å². The lowest BCUT2D eigenvalue weighted by molar-refractivity contribution is 0.275. The van der Waals surface area contributed by atoms with E-state index in [-0.39, 0.29) is 0 Å². The van der Waals surface area contributed by atoms with Crippen LogP contribution in [0.15, 0.2) is 30.3 Å². The molecule has 0 amide bonds. The second-order valence-corrected chi connectivity index (χ2v) is 5.17. The number of benzene rings is 2. The number of hydrogen-bond donors (Lipinski definition) is 1. The highest BCUT2D eigenvalue weighted by Crippen LogP contribution is 2.28. The third-order valence-electron chi connectivity index (χ3n) is 3.72. The summed E-state index contributed by atoms with van der Waals surface area (Å²) < 4.78 is 11.0. The Labute approximate surface area is 123 Å². The number of ether oxygens (including phenoxy) is 1. The number of rotatable bonds is 2. The fourth-order valence-electron chi connectivity index (χ4n) is 2.36. The Morgan fingerprint density at radius 1 is 1.24 bits per heavy atom. The summed E-state index contributed by atoms with van der Waals surface area (Å²) in [6.07, 6.45) is 0.